The molecule has 3 aliphatic rings. The molecule has 0 spiro atoms. The van der Waals surface area contributed by atoms with Gasteiger partial charge in [-0.05, 0) is 43.4 Å². The third kappa shape index (κ3) is 4.94. The van der Waals surface area contributed by atoms with Crippen molar-refractivity contribution in [1.29, 1.82) is 0 Å². The molecule has 1 aliphatic carbocycles. The lowest BCUT2D eigenvalue weighted by Crippen LogP contribution is -2.49. The maximum Gasteiger partial charge on any atom is 0.318 e. The zero-order chi connectivity index (χ0) is 27.1. The van der Waals surface area contributed by atoms with Crippen molar-refractivity contribution in [3.63, 3.8) is 0 Å². The Morgan fingerprint density at radius 2 is 1.95 bits per heavy atom. The van der Waals surface area contributed by atoms with E-state index in [4.69, 9.17) is 16.3 Å². The van der Waals surface area contributed by atoms with Gasteiger partial charge in [-0.2, -0.15) is 9.97 Å². The molecular weight excluding hydrogens is 519 g/mol. The minimum absolute atomic E-state index is 0.0214. The quantitative estimate of drug-likeness (QED) is 0.396. The molecule has 4 heterocycles. The molecular formula is C29H32ClFN6O2. The summed E-state index contributed by atoms with van der Waals surface area (Å²) in [5, 5.41) is 1.14. The third-order valence-corrected chi connectivity index (χ3v) is 8.39. The molecule has 0 N–H and O–H groups in total. The molecule has 2 aromatic heterocycles. The Morgan fingerprint density at radius 1 is 1.15 bits per heavy atom. The molecule has 1 unspecified atom stereocenters. The van der Waals surface area contributed by atoms with Gasteiger partial charge in [-0.3, -0.25) is 14.7 Å². The number of nitrogens with zero attached hydrogens (tertiary/aromatic N) is 6. The molecule has 204 valence electrons. The molecule has 2 aliphatic heterocycles. The number of rotatable bonds is 7. The number of pyridine rings is 1. The standard InChI is InChI=1S/C29H32ClFN6O2/c1-3-35-12-11-19(35)9-10-23(38)36-13-15-37(16-14-36)28-21-17-32-26(25(31)27(21)33-29(34-28)39-2)20-5-4-6-22(30)24(20)18-7-8-18/h4-6,9-10,17-19H,3,7-8,11-16H2,1-2H3/b10-9+. The SMILES string of the molecule is CCN1CCC1/C=C/C(=O)N1CCN(c2nc(OC)nc3c(F)c(-c4cccc(Cl)c4C4CC4)ncc23)CC1. The van der Waals surface area contributed by atoms with Gasteiger partial charge >= 0.3 is 6.01 Å². The van der Waals surface area contributed by atoms with Gasteiger partial charge in [-0.25, -0.2) is 4.39 Å². The summed E-state index contributed by atoms with van der Waals surface area (Å²) < 4.78 is 21.4. The van der Waals surface area contributed by atoms with E-state index in [1.54, 1.807) is 12.3 Å². The number of halogens is 2. The normalized spacial score (nSPS) is 20.1. The minimum Gasteiger partial charge on any atom is -0.467 e. The van der Waals surface area contributed by atoms with E-state index in [1.165, 1.54) is 7.11 Å². The van der Waals surface area contributed by atoms with Crippen LogP contribution in [-0.4, -0.2) is 83.1 Å². The highest BCUT2D eigenvalue weighted by atomic mass is 35.5. The van der Waals surface area contributed by atoms with Crippen LogP contribution in [0, 0.1) is 5.82 Å². The van der Waals surface area contributed by atoms with Crippen molar-refractivity contribution in [2.45, 2.75) is 38.1 Å². The maximum absolute atomic E-state index is 16.1. The number of anilines is 1. The van der Waals surface area contributed by atoms with E-state index >= 15 is 4.39 Å². The minimum atomic E-state index is -0.519. The Morgan fingerprint density at radius 3 is 2.62 bits per heavy atom. The van der Waals surface area contributed by atoms with Crippen molar-refractivity contribution < 1.29 is 13.9 Å². The summed E-state index contributed by atoms with van der Waals surface area (Å²) in [4.78, 5) is 32.5. The van der Waals surface area contributed by atoms with E-state index in [1.807, 2.05) is 34.1 Å². The summed E-state index contributed by atoms with van der Waals surface area (Å²) in [7, 11) is 1.47. The van der Waals surface area contributed by atoms with Gasteiger partial charge in [-0.1, -0.05) is 36.7 Å². The highest BCUT2D eigenvalue weighted by Gasteiger charge is 2.31. The number of likely N-dealkylation sites (N-methyl/N-ethyl adjacent to an activating group) is 1. The van der Waals surface area contributed by atoms with E-state index in [9.17, 15) is 4.79 Å². The number of methoxy groups -OCH3 is 1. The molecule has 6 rings (SSSR count). The summed E-state index contributed by atoms with van der Waals surface area (Å²) in [6.07, 6.45) is 8.53. The highest BCUT2D eigenvalue weighted by Crippen LogP contribution is 2.48. The topological polar surface area (TPSA) is 74.7 Å². The van der Waals surface area contributed by atoms with Crippen molar-refractivity contribution in [1.82, 2.24) is 24.8 Å². The molecule has 3 fully saturated rings. The fourth-order valence-electron chi connectivity index (χ4n) is 5.58. The first-order valence-electron chi connectivity index (χ1n) is 13.6. The molecule has 10 heteroatoms. The molecule has 1 aromatic carbocycles. The number of piperazine rings is 1. The van der Waals surface area contributed by atoms with Gasteiger partial charge < -0.3 is 14.5 Å². The lowest BCUT2D eigenvalue weighted by Gasteiger charge is -2.38. The van der Waals surface area contributed by atoms with Crippen LogP contribution in [0.3, 0.4) is 0 Å². The molecule has 1 atom stereocenters. The number of carbonyl (C=O) groups is 1. The van der Waals surface area contributed by atoms with Crippen molar-refractivity contribution in [3.8, 4) is 17.3 Å². The second-order valence-corrected chi connectivity index (χ2v) is 10.8. The van der Waals surface area contributed by atoms with Gasteiger partial charge in [-0.15, -0.1) is 0 Å². The van der Waals surface area contributed by atoms with Crippen molar-refractivity contribution in [2.24, 2.45) is 0 Å². The highest BCUT2D eigenvalue weighted by molar-refractivity contribution is 6.32. The van der Waals surface area contributed by atoms with Crippen molar-refractivity contribution >= 4 is 34.2 Å². The molecule has 8 nitrogen and oxygen atoms in total. The number of ether oxygens (including phenoxy) is 1. The number of likely N-dealkylation sites (tertiary alicyclic amines) is 1. The van der Waals surface area contributed by atoms with Crippen LogP contribution < -0.4 is 9.64 Å². The van der Waals surface area contributed by atoms with Gasteiger partial charge in [0.1, 0.15) is 17.0 Å². The number of hydrogen-bond acceptors (Lipinski definition) is 7. The number of aromatic nitrogens is 3. The molecule has 39 heavy (non-hydrogen) atoms. The number of carbonyl (C=O) groups excluding carboxylic acids is 1. The van der Waals surface area contributed by atoms with Gasteiger partial charge in [0, 0.05) is 61.6 Å². The average molecular weight is 551 g/mol. The summed E-state index contributed by atoms with van der Waals surface area (Å²) in [5.41, 5.74) is 2.04. The Labute approximate surface area is 232 Å². The van der Waals surface area contributed by atoms with E-state index in [2.05, 4.69) is 26.8 Å². The monoisotopic (exact) mass is 550 g/mol. The van der Waals surface area contributed by atoms with Crippen LogP contribution >= 0.6 is 11.6 Å². The molecule has 1 saturated carbocycles. The molecule has 1 amide bonds. The van der Waals surface area contributed by atoms with E-state index in [0.717, 1.165) is 37.9 Å². The van der Waals surface area contributed by atoms with Crippen LogP contribution in [0.25, 0.3) is 22.2 Å². The summed E-state index contributed by atoms with van der Waals surface area (Å²) in [5.74, 6) is 0.385. The van der Waals surface area contributed by atoms with E-state index in [0.29, 0.717) is 59.9 Å². The van der Waals surface area contributed by atoms with Gasteiger partial charge in [0.05, 0.1) is 12.5 Å². The van der Waals surface area contributed by atoms with E-state index < -0.39 is 5.82 Å². The molecule has 3 aromatic rings. The van der Waals surface area contributed by atoms with Crippen molar-refractivity contribution in [2.75, 3.05) is 51.3 Å². The van der Waals surface area contributed by atoms with Crippen LogP contribution in [-0.2, 0) is 4.79 Å². The van der Waals surface area contributed by atoms with Crippen LogP contribution in [0.2, 0.25) is 5.02 Å². The summed E-state index contributed by atoms with van der Waals surface area (Å²) in [6.45, 7) is 6.42. The van der Waals surface area contributed by atoms with Gasteiger partial charge in [0.25, 0.3) is 0 Å². The number of hydrogen-bond donors (Lipinski definition) is 0. The first-order valence-corrected chi connectivity index (χ1v) is 14.0. The number of amides is 1. The Bertz CT molecular complexity index is 1440. The smallest absolute Gasteiger partial charge is 0.318 e. The first kappa shape index (κ1) is 26.0. The second kappa shape index (κ2) is 10.7. The number of fused-ring (bicyclic) bond motifs is 1. The number of benzene rings is 1. The summed E-state index contributed by atoms with van der Waals surface area (Å²) >= 11 is 6.52. The largest absolute Gasteiger partial charge is 0.467 e. The second-order valence-electron chi connectivity index (χ2n) is 10.3. The third-order valence-electron chi connectivity index (χ3n) is 8.06. The van der Waals surface area contributed by atoms with E-state index in [-0.39, 0.29) is 23.1 Å². The zero-order valence-electron chi connectivity index (χ0n) is 22.2. The maximum atomic E-state index is 16.1. The predicted octanol–water partition coefficient (Wildman–Crippen LogP) is 4.67. The van der Waals surface area contributed by atoms with Gasteiger partial charge in [0.15, 0.2) is 5.82 Å². The zero-order valence-corrected chi connectivity index (χ0v) is 23.0. The Hall–Kier alpha value is -3.30. The molecule has 0 radical (unpaired) electrons. The first-order chi connectivity index (χ1) is 19.0. The summed E-state index contributed by atoms with van der Waals surface area (Å²) in [6, 6.07) is 5.98. The predicted molar refractivity (Wildman–Crippen MR) is 150 cm³/mol. The lowest BCUT2D eigenvalue weighted by molar-refractivity contribution is -0.126. The Balaban J connectivity index is 1.26. The van der Waals surface area contributed by atoms with Gasteiger partial charge in [0.2, 0.25) is 5.91 Å². The van der Waals surface area contributed by atoms with Crippen LogP contribution in [0.5, 0.6) is 6.01 Å². The average Bonchev–Trinajstić information content (AvgIpc) is 3.78. The van der Waals surface area contributed by atoms with Crippen LogP contribution in [0.4, 0.5) is 10.2 Å². The van der Waals surface area contributed by atoms with Crippen LogP contribution in [0.1, 0.15) is 37.7 Å². The fraction of sp³-hybridized carbons (Fsp3) is 0.448. The molecule has 0 bridgehead atoms. The van der Waals surface area contributed by atoms with Crippen LogP contribution in [0.15, 0.2) is 36.5 Å². The lowest BCUT2D eigenvalue weighted by atomic mass is 9.99. The van der Waals surface area contributed by atoms with Crippen molar-refractivity contribution in [3.05, 3.63) is 53.0 Å². The Kier molecular flexibility index (Phi) is 7.12. The molecule has 2 saturated heterocycles. The fourth-order valence-corrected chi connectivity index (χ4v) is 5.91.